The molecule has 2 atom stereocenters. The molecule has 2 unspecified atom stereocenters. The second kappa shape index (κ2) is 5.51. The Hall–Kier alpha value is -1.45. The summed E-state index contributed by atoms with van der Waals surface area (Å²) < 4.78 is 27.0. The minimum atomic E-state index is -3.74. The highest BCUT2D eigenvalue weighted by molar-refractivity contribution is 7.89. The number of aliphatic hydroxyl groups excluding tert-OH is 1. The predicted molar refractivity (Wildman–Crippen MR) is 68.4 cm³/mol. The summed E-state index contributed by atoms with van der Waals surface area (Å²) >= 11 is 0. The number of hydrogen-bond donors (Lipinski definition) is 2. The summed E-state index contributed by atoms with van der Waals surface area (Å²) in [6.45, 7) is 1.87. The highest BCUT2D eigenvalue weighted by Gasteiger charge is 2.33. The number of carboxylic acids is 1. The van der Waals surface area contributed by atoms with Crippen molar-refractivity contribution in [2.24, 2.45) is 5.92 Å². The quantitative estimate of drug-likeness (QED) is 0.765. The fourth-order valence-corrected chi connectivity index (χ4v) is 3.52. The van der Waals surface area contributed by atoms with Gasteiger partial charge in [0.1, 0.15) is 11.4 Å². The van der Waals surface area contributed by atoms with Crippen LogP contribution in [0.1, 0.15) is 13.3 Å². The second-order valence-electron chi connectivity index (χ2n) is 4.96. The number of aliphatic carboxylic acids is 1. The van der Waals surface area contributed by atoms with Crippen LogP contribution in [0.2, 0.25) is 0 Å². The third-order valence-electron chi connectivity index (χ3n) is 3.43. The van der Waals surface area contributed by atoms with Crippen LogP contribution < -0.4 is 0 Å². The molecular weight excluding hydrogens is 286 g/mol. The Bertz CT molecular complexity index is 597. The molecule has 0 aromatic carbocycles. The van der Waals surface area contributed by atoms with E-state index in [4.69, 9.17) is 5.11 Å². The van der Waals surface area contributed by atoms with Crippen molar-refractivity contribution in [1.29, 1.82) is 0 Å². The molecule has 2 rings (SSSR count). The van der Waals surface area contributed by atoms with E-state index in [0.717, 1.165) is 10.9 Å². The van der Waals surface area contributed by atoms with Crippen LogP contribution >= 0.6 is 0 Å². The highest BCUT2D eigenvalue weighted by atomic mass is 32.2. The number of β-amino-alcohol motifs (C(OH)–C–C–N with tert-alkyl or cyclic N) is 1. The SMILES string of the molecule is CC1CCN(S(=O)(=O)c2cnn(CC(=O)O)c2)CC1O. The first-order valence-electron chi connectivity index (χ1n) is 6.23. The van der Waals surface area contributed by atoms with Gasteiger partial charge in [-0.25, -0.2) is 8.42 Å². The lowest BCUT2D eigenvalue weighted by atomic mass is 9.98. The van der Waals surface area contributed by atoms with Crippen LogP contribution in [0, 0.1) is 5.92 Å². The maximum absolute atomic E-state index is 12.4. The van der Waals surface area contributed by atoms with E-state index < -0.39 is 28.6 Å². The molecule has 1 fully saturated rings. The summed E-state index contributed by atoms with van der Waals surface area (Å²) in [6, 6.07) is 0. The number of nitrogens with zero attached hydrogens (tertiary/aromatic N) is 3. The van der Waals surface area contributed by atoms with Crippen molar-refractivity contribution in [3.8, 4) is 0 Å². The lowest BCUT2D eigenvalue weighted by Gasteiger charge is -2.33. The van der Waals surface area contributed by atoms with Gasteiger partial charge in [0, 0.05) is 19.3 Å². The van der Waals surface area contributed by atoms with Gasteiger partial charge in [0.15, 0.2) is 0 Å². The van der Waals surface area contributed by atoms with Crippen LogP contribution in [0.25, 0.3) is 0 Å². The maximum atomic E-state index is 12.4. The van der Waals surface area contributed by atoms with Gasteiger partial charge in [0.05, 0.1) is 12.3 Å². The van der Waals surface area contributed by atoms with E-state index >= 15 is 0 Å². The van der Waals surface area contributed by atoms with Crippen molar-refractivity contribution < 1.29 is 23.4 Å². The Labute approximate surface area is 116 Å². The predicted octanol–water partition coefficient (Wildman–Crippen LogP) is -0.641. The second-order valence-corrected chi connectivity index (χ2v) is 6.90. The van der Waals surface area contributed by atoms with Gasteiger partial charge < -0.3 is 10.2 Å². The molecule has 0 amide bonds. The number of aromatic nitrogens is 2. The van der Waals surface area contributed by atoms with E-state index in [-0.39, 0.29) is 17.4 Å². The normalized spacial score (nSPS) is 24.7. The van der Waals surface area contributed by atoms with E-state index in [0.29, 0.717) is 13.0 Å². The van der Waals surface area contributed by atoms with E-state index in [1.165, 1.54) is 10.5 Å². The molecule has 0 saturated carbocycles. The van der Waals surface area contributed by atoms with Crippen molar-refractivity contribution in [2.45, 2.75) is 30.9 Å². The average Bonchev–Trinajstić information content (AvgIpc) is 2.80. The Morgan fingerprint density at radius 3 is 2.85 bits per heavy atom. The molecule has 1 aliphatic rings. The molecule has 9 heteroatoms. The zero-order chi connectivity index (χ0) is 14.9. The molecule has 0 spiro atoms. The first-order valence-corrected chi connectivity index (χ1v) is 7.67. The van der Waals surface area contributed by atoms with Crippen molar-refractivity contribution in [2.75, 3.05) is 13.1 Å². The van der Waals surface area contributed by atoms with Crippen LogP contribution in [0.4, 0.5) is 0 Å². The largest absolute Gasteiger partial charge is 0.480 e. The summed E-state index contributed by atoms with van der Waals surface area (Å²) in [6.07, 6.45) is 2.22. The maximum Gasteiger partial charge on any atom is 0.325 e. The molecule has 1 aromatic rings. The summed E-state index contributed by atoms with van der Waals surface area (Å²) in [5.74, 6) is -1.03. The van der Waals surface area contributed by atoms with E-state index in [1.807, 2.05) is 6.92 Å². The topological polar surface area (TPSA) is 113 Å². The van der Waals surface area contributed by atoms with Gasteiger partial charge in [-0.3, -0.25) is 9.48 Å². The summed E-state index contributed by atoms with van der Waals surface area (Å²) in [5, 5.41) is 22.1. The zero-order valence-corrected chi connectivity index (χ0v) is 11.8. The molecule has 112 valence electrons. The van der Waals surface area contributed by atoms with Crippen molar-refractivity contribution >= 4 is 16.0 Å². The first-order chi connectivity index (χ1) is 9.30. The van der Waals surface area contributed by atoms with E-state index in [1.54, 1.807) is 0 Å². The molecule has 1 saturated heterocycles. The van der Waals surface area contributed by atoms with Crippen LogP contribution in [-0.4, -0.2) is 57.9 Å². The van der Waals surface area contributed by atoms with Crippen LogP contribution in [0.3, 0.4) is 0 Å². The molecule has 20 heavy (non-hydrogen) atoms. The van der Waals surface area contributed by atoms with Crippen LogP contribution in [-0.2, 0) is 21.4 Å². The Kier molecular flexibility index (Phi) is 4.11. The van der Waals surface area contributed by atoms with Gasteiger partial charge in [-0.1, -0.05) is 6.92 Å². The minimum absolute atomic E-state index is 0.0492. The number of piperidine rings is 1. The van der Waals surface area contributed by atoms with Crippen molar-refractivity contribution in [3.63, 3.8) is 0 Å². The number of carboxylic acid groups (broad SMARTS) is 1. The average molecular weight is 303 g/mol. The molecule has 8 nitrogen and oxygen atoms in total. The molecule has 0 bridgehead atoms. The minimum Gasteiger partial charge on any atom is -0.480 e. The van der Waals surface area contributed by atoms with E-state index in [9.17, 15) is 18.3 Å². The lowest BCUT2D eigenvalue weighted by molar-refractivity contribution is -0.137. The van der Waals surface area contributed by atoms with Crippen molar-refractivity contribution in [3.05, 3.63) is 12.4 Å². The number of aliphatic hydroxyl groups is 1. The third-order valence-corrected chi connectivity index (χ3v) is 5.24. The Morgan fingerprint density at radius 1 is 1.55 bits per heavy atom. The van der Waals surface area contributed by atoms with Gasteiger partial charge in [-0.2, -0.15) is 9.40 Å². The first kappa shape index (κ1) is 14.9. The van der Waals surface area contributed by atoms with E-state index in [2.05, 4.69) is 5.10 Å². The Balaban J connectivity index is 2.18. The standard InChI is InChI=1S/C11H17N3O5S/c1-8-2-3-14(6-10(8)15)20(18,19)9-4-12-13(5-9)7-11(16)17/h4-5,8,10,15H,2-3,6-7H2,1H3,(H,16,17). The highest BCUT2D eigenvalue weighted by Crippen LogP contribution is 2.23. The molecule has 2 heterocycles. The fraction of sp³-hybridized carbons (Fsp3) is 0.636. The summed E-state index contributed by atoms with van der Waals surface area (Å²) in [4.78, 5) is 10.5. The number of hydrogen-bond acceptors (Lipinski definition) is 5. The molecule has 0 radical (unpaired) electrons. The molecule has 1 aromatic heterocycles. The fourth-order valence-electron chi connectivity index (χ4n) is 2.09. The van der Waals surface area contributed by atoms with Crippen LogP contribution in [0.5, 0.6) is 0 Å². The third kappa shape index (κ3) is 3.00. The zero-order valence-electron chi connectivity index (χ0n) is 11.0. The van der Waals surface area contributed by atoms with Gasteiger partial charge in [0.2, 0.25) is 10.0 Å². The molecule has 0 aliphatic carbocycles. The van der Waals surface area contributed by atoms with Gasteiger partial charge in [-0.05, 0) is 12.3 Å². The molecular formula is C11H17N3O5S. The number of carbonyl (C=O) groups is 1. The van der Waals surface area contributed by atoms with Crippen molar-refractivity contribution in [1.82, 2.24) is 14.1 Å². The smallest absolute Gasteiger partial charge is 0.325 e. The van der Waals surface area contributed by atoms with Crippen LogP contribution in [0.15, 0.2) is 17.3 Å². The lowest BCUT2D eigenvalue weighted by Crippen LogP contribution is -2.45. The summed E-state index contributed by atoms with van der Waals surface area (Å²) in [7, 11) is -3.74. The molecule has 2 N–H and O–H groups in total. The van der Waals surface area contributed by atoms with Gasteiger partial charge in [-0.15, -0.1) is 0 Å². The number of sulfonamides is 1. The van der Waals surface area contributed by atoms with Gasteiger partial charge in [0.25, 0.3) is 0 Å². The molecule has 1 aliphatic heterocycles. The Morgan fingerprint density at radius 2 is 2.25 bits per heavy atom. The summed E-state index contributed by atoms with van der Waals surface area (Å²) in [5.41, 5.74) is 0. The monoisotopic (exact) mass is 303 g/mol. The van der Waals surface area contributed by atoms with Gasteiger partial charge >= 0.3 is 5.97 Å². The number of rotatable bonds is 4.